The van der Waals surface area contributed by atoms with Crippen LogP contribution in [0, 0.1) is 11.8 Å². The van der Waals surface area contributed by atoms with Gasteiger partial charge in [0.1, 0.15) is 5.60 Å². The van der Waals surface area contributed by atoms with E-state index in [9.17, 15) is 31.2 Å². The van der Waals surface area contributed by atoms with Gasteiger partial charge < -0.3 is 15.0 Å². The Kier molecular flexibility index (Phi) is 8.53. The van der Waals surface area contributed by atoms with Crippen molar-refractivity contribution in [1.29, 1.82) is 0 Å². The maximum atomic E-state index is 13.1. The number of carbonyl (C=O) groups is 2. The third kappa shape index (κ3) is 7.16. The molecular formula is C25H36F3N3O5S. The average Bonchev–Trinajstić information content (AvgIpc) is 3.38. The maximum absolute atomic E-state index is 13.1. The number of nitrogens with zero attached hydrogens (tertiary/aromatic N) is 2. The summed E-state index contributed by atoms with van der Waals surface area (Å²) in [5, 5.41) is 3.01. The first-order valence-electron chi connectivity index (χ1n) is 12.4. The van der Waals surface area contributed by atoms with Gasteiger partial charge in [0, 0.05) is 38.6 Å². The lowest BCUT2D eigenvalue weighted by atomic mass is 9.97. The summed E-state index contributed by atoms with van der Waals surface area (Å²) in [6.45, 7) is 7.53. The van der Waals surface area contributed by atoms with Crippen LogP contribution in [0.3, 0.4) is 0 Å². The van der Waals surface area contributed by atoms with Gasteiger partial charge in [0.15, 0.2) is 0 Å². The zero-order chi connectivity index (χ0) is 27.8. The van der Waals surface area contributed by atoms with Crippen LogP contribution in [-0.2, 0) is 25.7 Å². The van der Waals surface area contributed by atoms with E-state index in [0.717, 1.165) is 18.6 Å². The summed E-state index contributed by atoms with van der Waals surface area (Å²) in [7, 11) is -2.48. The summed E-state index contributed by atoms with van der Waals surface area (Å²) in [6, 6.07) is 3.34. The highest BCUT2D eigenvalue weighted by atomic mass is 32.2. The Labute approximate surface area is 216 Å². The van der Waals surface area contributed by atoms with Crippen LogP contribution < -0.4 is 5.32 Å². The Balaban J connectivity index is 1.56. The molecule has 12 heteroatoms. The van der Waals surface area contributed by atoms with Gasteiger partial charge in [-0.05, 0) is 77.0 Å². The molecule has 1 saturated carbocycles. The van der Waals surface area contributed by atoms with E-state index in [1.807, 2.05) is 6.92 Å². The van der Waals surface area contributed by atoms with E-state index in [2.05, 4.69) is 5.32 Å². The van der Waals surface area contributed by atoms with Crippen LogP contribution in [-0.4, -0.2) is 67.4 Å². The number of hydrogen-bond acceptors (Lipinski definition) is 5. The van der Waals surface area contributed by atoms with E-state index in [-0.39, 0.29) is 54.2 Å². The quantitative estimate of drug-likeness (QED) is 0.551. The molecule has 8 nitrogen and oxygen atoms in total. The highest BCUT2D eigenvalue weighted by Gasteiger charge is 2.47. The molecule has 37 heavy (non-hydrogen) atoms. The molecule has 1 N–H and O–H groups in total. The minimum Gasteiger partial charge on any atom is -0.444 e. The number of fused-ring (bicyclic) bond motifs is 1. The summed E-state index contributed by atoms with van der Waals surface area (Å²) >= 11 is 0. The van der Waals surface area contributed by atoms with Gasteiger partial charge in [-0.1, -0.05) is 6.07 Å². The van der Waals surface area contributed by atoms with E-state index >= 15 is 0 Å². The number of hydrogen-bond donors (Lipinski definition) is 1. The average molecular weight is 548 g/mol. The van der Waals surface area contributed by atoms with Crippen molar-refractivity contribution in [3.63, 3.8) is 0 Å². The minimum atomic E-state index is -4.64. The molecule has 3 rings (SSSR count). The fourth-order valence-corrected chi connectivity index (χ4v) is 6.49. The van der Waals surface area contributed by atoms with E-state index in [0.29, 0.717) is 18.9 Å². The van der Waals surface area contributed by atoms with Gasteiger partial charge in [-0.25, -0.2) is 13.2 Å². The molecule has 0 radical (unpaired) electrons. The number of benzene rings is 1. The summed E-state index contributed by atoms with van der Waals surface area (Å²) < 4.78 is 72.0. The first-order valence-corrected chi connectivity index (χ1v) is 13.9. The topological polar surface area (TPSA) is 96.0 Å². The van der Waals surface area contributed by atoms with Crippen molar-refractivity contribution in [2.75, 3.05) is 20.1 Å². The third-order valence-corrected chi connectivity index (χ3v) is 8.93. The molecule has 2 aliphatic rings. The molecule has 2 amide bonds. The molecule has 1 saturated heterocycles. The minimum absolute atomic E-state index is 0.0306. The predicted molar refractivity (Wildman–Crippen MR) is 131 cm³/mol. The molecule has 1 aliphatic heterocycles. The zero-order valence-electron chi connectivity index (χ0n) is 21.8. The van der Waals surface area contributed by atoms with Crippen molar-refractivity contribution in [2.45, 2.75) is 82.1 Å². The summed E-state index contributed by atoms with van der Waals surface area (Å²) in [5.41, 5.74) is -1.63. The summed E-state index contributed by atoms with van der Waals surface area (Å²) in [6.07, 6.45) is -3.05. The molecule has 0 bridgehead atoms. The van der Waals surface area contributed by atoms with Crippen LogP contribution in [0.1, 0.15) is 58.9 Å². The van der Waals surface area contributed by atoms with Gasteiger partial charge in [-0.3, -0.25) is 4.79 Å². The number of halogens is 3. The number of rotatable bonds is 7. The molecule has 0 aromatic heterocycles. The van der Waals surface area contributed by atoms with Crippen molar-refractivity contribution in [3.8, 4) is 0 Å². The molecule has 1 aliphatic carbocycles. The zero-order valence-corrected chi connectivity index (χ0v) is 22.7. The lowest BCUT2D eigenvalue weighted by molar-refractivity contribution is -0.137. The Morgan fingerprint density at radius 1 is 1.19 bits per heavy atom. The highest BCUT2D eigenvalue weighted by Crippen LogP contribution is 2.41. The second-order valence-electron chi connectivity index (χ2n) is 11.0. The number of amides is 2. The van der Waals surface area contributed by atoms with Gasteiger partial charge in [-0.15, -0.1) is 0 Å². The molecule has 208 valence electrons. The Morgan fingerprint density at radius 2 is 1.86 bits per heavy atom. The molecule has 1 heterocycles. The molecule has 0 spiro atoms. The summed E-state index contributed by atoms with van der Waals surface area (Å²) in [4.78, 5) is 26.0. The van der Waals surface area contributed by atoms with E-state index in [1.165, 1.54) is 15.3 Å². The van der Waals surface area contributed by atoms with Gasteiger partial charge >= 0.3 is 12.3 Å². The van der Waals surface area contributed by atoms with E-state index in [1.54, 1.807) is 27.8 Å². The van der Waals surface area contributed by atoms with Crippen LogP contribution in [0.15, 0.2) is 29.2 Å². The van der Waals surface area contributed by atoms with Gasteiger partial charge in [0.05, 0.1) is 10.5 Å². The highest BCUT2D eigenvalue weighted by molar-refractivity contribution is 7.89. The lowest BCUT2D eigenvalue weighted by Crippen LogP contribution is -2.42. The standard InChI is InChI=1S/C25H36F3N3O5S/c1-16(30(5)23(33)36-24(2,3)4)9-12-22(32)29-21-11-10-17-14-31(15-20(17)21)37(34,35)19-8-6-7-18(13-19)25(26,27)28/h6-8,13,16-17,20-21H,9-12,14-15H2,1-5H3,(H,29,32)/t16?,17-,20+,21+/m1/s1. The fourth-order valence-electron chi connectivity index (χ4n) is 4.91. The van der Waals surface area contributed by atoms with Crippen LogP contribution in [0.2, 0.25) is 0 Å². The number of alkyl halides is 3. The number of sulfonamides is 1. The van der Waals surface area contributed by atoms with Crippen molar-refractivity contribution in [2.24, 2.45) is 11.8 Å². The van der Waals surface area contributed by atoms with Crippen molar-refractivity contribution in [3.05, 3.63) is 29.8 Å². The van der Waals surface area contributed by atoms with Crippen LogP contribution in [0.25, 0.3) is 0 Å². The molecule has 1 aromatic carbocycles. The van der Waals surface area contributed by atoms with Gasteiger partial charge in [0.2, 0.25) is 15.9 Å². The Morgan fingerprint density at radius 3 is 2.49 bits per heavy atom. The molecule has 1 aromatic rings. The van der Waals surface area contributed by atoms with E-state index < -0.39 is 33.5 Å². The first-order chi connectivity index (χ1) is 17.0. The molecule has 2 fully saturated rings. The SMILES string of the molecule is CC(CCC(=O)N[C@H]1CC[C@@H]2CN(S(=O)(=O)c3cccc(C(F)(F)F)c3)C[C@@H]21)N(C)C(=O)OC(C)(C)C. The third-order valence-electron chi connectivity index (χ3n) is 7.10. The van der Waals surface area contributed by atoms with Gasteiger partial charge in [-0.2, -0.15) is 17.5 Å². The van der Waals surface area contributed by atoms with Crippen molar-refractivity contribution in [1.82, 2.24) is 14.5 Å². The fraction of sp³-hybridized carbons (Fsp3) is 0.680. The summed E-state index contributed by atoms with van der Waals surface area (Å²) in [5.74, 6) is -0.260. The van der Waals surface area contributed by atoms with Crippen LogP contribution >= 0.6 is 0 Å². The van der Waals surface area contributed by atoms with Gasteiger partial charge in [0.25, 0.3) is 0 Å². The maximum Gasteiger partial charge on any atom is 0.416 e. The predicted octanol–water partition coefficient (Wildman–Crippen LogP) is 4.26. The molecule has 1 unspecified atom stereocenters. The smallest absolute Gasteiger partial charge is 0.416 e. The monoisotopic (exact) mass is 547 g/mol. The largest absolute Gasteiger partial charge is 0.444 e. The first kappa shape index (κ1) is 29.2. The number of nitrogens with one attached hydrogen (secondary N) is 1. The Hall–Kier alpha value is -2.34. The molecule has 4 atom stereocenters. The number of carbonyl (C=O) groups excluding carboxylic acids is 2. The molecular weight excluding hydrogens is 511 g/mol. The van der Waals surface area contributed by atoms with Crippen molar-refractivity contribution < 1.29 is 35.9 Å². The lowest BCUT2D eigenvalue weighted by Gasteiger charge is -2.29. The second kappa shape index (κ2) is 10.8. The normalized spacial score (nSPS) is 23.4. The van der Waals surface area contributed by atoms with Crippen LogP contribution in [0.5, 0.6) is 0 Å². The van der Waals surface area contributed by atoms with E-state index in [4.69, 9.17) is 4.74 Å². The Bertz CT molecular complexity index is 1100. The van der Waals surface area contributed by atoms with Crippen molar-refractivity contribution >= 4 is 22.0 Å². The number of ether oxygens (including phenoxy) is 1. The van der Waals surface area contributed by atoms with Crippen LogP contribution in [0.4, 0.5) is 18.0 Å². The second-order valence-corrected chi connectivity index (χ2v) is 12.9.